The number of carbonyl (C=O) groups is 1. The number of nitrogens with one attached hydrogen (secondary N) is 2. The maximum absolute atomic E-state index is 12.6. The van der Waals surface area contributed by atoms with Crippen LogP contribution in [0.25, 0.3) is 0 Å². The predicted molar refractivity (Wildman–Crippen MR) is 56.0 cm³/mol. The van der Waals surface area contributed by atoms with Gasteiger partial charge in [-0.25, -0.2) is 4.39 Å². The molecule has 1 atom stereocenters. The summed E-state index contributed by atoms with van der Waals surface area (Å²) in [6, 6.07) is 5.80. The standard InChI is InChI=1S/C11H13FN2O/c12-9-1-3-10(4-2-9)14-11(15)8-5-6-13-7-8/h1-4,8,13H,5-7H2,(H,14,15)/t8-/m1/s1. The van der Waals surface area contributed by atoms with E-state index in [-0.39, 0.29) is 17.6 Å². The van der Waals surface area contributed by atoms with E-state index >= 15 is 0 Å². The lowest BCUT2D eigenvalue weighted by Gasteiger charge is -2.09. The van der Waals surface area contributed by atoms with Crippen molar-refractivity contribution in [2.24, 2.45) is 5.92 Å². The number of rotatable bonds is 2. The fourth-order valence-corrected chi connectivity index (χ4v) is 1.66. The van der Waals surface area contributed by atoms with Crippen LogP contribution < -0.4 is 10.6 Å². The Hall–Kier alpha value is -1.42. The molecular weight excluding hydrogens is 195 g/mol. The average molecular weight is 208 g/mol. The van der Waals surface area contributed by atoms with Crippen molar-refractivity contribution < 1.29 is 9.18 Å². The molecule has 0 spiro atoms. The third-order valence-electron chi connectivity index (χ3n) is 2.54. The number of amides is 1. The van der Waals surface area contributed by atoms with Crippen molar-refractivity contribution >= 4 is 11.6 Å². The van der Waals surface area contributed by atoms with Gasteiger partial charge in [0, 0.05) is 12.2 Å². The highest BCUT2D eigenvalue weighted by Gasteiger charge is 2.22. The first-order valence-electron chi connectivity index (χ1n) is 5.03. The van der Waals surface area contributed by atoms with E-state index in [0.29, 0.717) is 5.69 Å². The molecule has 0 saturated carbocycles. The van der Waals surface area contributed by atoms with Gasteiger partial charge in [-0.3, -0.25) is 4.79 Å². The summed E-state index contributed by atoms with van der Waals surface area (Å²) in [7, 11) is 0. The fourth-order valence-electron chi connectivity index (χ4n) is 1.66. The van der Waals surface area contributed by atoms with Crippen LogP contribution in [-0.4, -0.2) is 19.0 Å². The number of hydrogen-bond donors (Lipinski definition) is 2. The monoisotopic (exact) mass is 208 g/mol. The van der Waals surface area contributed by atoms with Crippen molar-refractivity contribution in [3.63, 3.8) is 0 Å². The SMILES string of the molecule is O=C(Nc1ccc(F)cc1)[C@@H]1CCNC1. The van der Waals surface area contributed by atoms with E-state index in [9.17, 15) is 9.18 Å². The van der Waals surface area contributed by atoms with Crippen molar-refractivity contribution in [1.82, 2.24) is 5.32 Å². The van der Waals surface area contributed by atoms with Crippen molar-refractivity contribution in [2.45, 2.75) is 6.42 Å². The summed E-state index contributed by atoms with van der Waals surface area (Å²) in [5, 5.41) is 5.89. The zero-order chi connectivity index (χ0) is 10.7. The van der Waals surface area contributed by atoms with E-state index in [4.69, 9.17) is 0 Å². The lowest BCUT2D eigenvalue weighted by Crippen LogP contribution is -2.24. The summed E-state index contributed by atoms with van der Waals surface area (Å²) < 4.78 is 12.6. The van der Waals surface area contributed by atoms with Crippen molar-refractivity contribution in [3.05, 3.63) is 30.1 Å². The molecule has 3 nitrogen and oxygen atoms in total. The summed E-state index contributed by atoms with van der Waals surface area (Å²) in [6.07, 6.45) is 0.868. The Labute approximate surface area is 87.7 Å². The molecule has 80 valence electrons. The normalized spacial score (nSPS) is 20.2. The van der Waals surface area contributed by atoms with E-state index in [0.717, 1.165) is 19.5 Å². The van der Waals surface area contributed by atoms with Gasteiger partial charge in [-0.1, -0.05) is 0 Å². The van der Waals surface area contributed by atoms with Gasteiger partial charge in [0.15, 0.2) is 0 Å². The Kier molecular flexibility index (Phi) is 2.97. The Morgan fingerprint density at radius 2 is 2.13 bits per heavy atom. The smallest absolute Gasteiger partial charge is 0.228 e. The topological polar surface area (TPSA) is 41.1 Å². The van der Waals surface area contributed by atoms with E-state index in [2.05, 4.69) is 10.6 Å². The minimum Gasteiger partial charge on any atom is -0.326 e. The Morgan fingerprint density at radius 1 is 1.40 bits per heavy atom. The molecule has 1 aromatic rings. The van der Waals surface area contributed by atoms with E-state index < -0.39 is 0 Å². The van der Waals surface area contributed by atoms with Crippen molar-refractivity contribution in [3.8, 4) is 0 Å². The maximum atomic E-state index is 12.6. The molecular formula is C11H13FN2O. The summed E-state index contributed by atoms with van der Waals surface area (Å²) in [4.78, 5) is 11.7. The minimum absolute atomic E-state index is 0.00612. The van der Waals surface area contributed by atoms with Crippen LogP contribution in [-0.2, 0) is 4.79 Å². The molecule has 0 unspecified atom stereocenters. The van der Waals surface area contributed by atoms with Gasteiger partial charge >= 0.3 is 0 Å². The molecule has 0 aromatic heterocycles. The zero-order valence-corrected chi connectivity index (χ0v) is 8.29. The number of benzene rings is 1. The molecule has 4 heteroatoms. The van der Waals surface area contributed by atoms with Crippen molar-refractivity contribution in [2.75, 3.05) is 18.4 Å². The third-order valence-corrected chi connectivity index (χ3v) is 2.54. The van der Waals surface area contributed by atoms with Crippen LogP contribution in [0.2, 0.25) is 0 Å². The molecule has 0 aliphatic carbocycles. The van der Waals surface area contributed by atoms with Gasteiger partial charge in [-0.05, 0) is 37.2 Å². The second-order valence-corrected chi connectivity index (χ2v) is 3.69. The van der Waals surface area contributed by atoms with Gasteiger partial charge in [-0.15, -0.1) is 0 Å². The Balaban J connectivity index is 1.96. The zero-order valence-electron chi connectivity index (χ0n) is 8.29. The van der Waals surface area contributed by atoms with Gasteiger partial charge in [0.2, 0.25) is 5.91 Å². The first-order chi connectivity index (χ1) is 7.25. The maximum Gasteiger partial charge on any atom is 0.228 e. The summed E-state index contributed by atoms with van der Waals surface area (Å²) in [5.74, 6) is -0.253. The van der Waals surface area contributed by atoms with Crippen molar-refractivity contribution in [1.29, 1.82) is 0 Å². The minimum atomic E-state index is -0.296. The summed E-state index contributed by atoms with van der Waals surface area (Å²) in [5.41, 5.74) is 0.647. The molecule has 1 amide bonds. The molecule has 2 N–H and O–H groups in total. The highest BCUT2D eigenvalue weighted by atomic mass is 19.1. The van der Waals surface area contributed by atoms with Crippen LogP contribution >= 0.6 is 0 Å². The van der Waals surface area contributed by atoms with E-state index in [1.807, 2.05) is 0 Å². The predicted octanol–water partition coefficient (Wildman–Crippen LogP) is 1.37. The molecule has 1 aromatic carbocycles. The highest BCUT2D eigenvalue weighted by molar-refractivity contribution is 5.92. The second-order valence-electron chi connectivity index (χ2n) is 3.69. The lowest BCUT2D eigenvalue weighted by molar-refractivity contribution is -0.119. The van der Waals surface area contributed by atoms with Crippen LogP contribution in [0, 0.1) is 11.7 Å². The highest BCUT2D eigenvalue weighted by Crippen LogP contribution is 2.13. The lowest BCUT2D eigenvalue weighted by atomic mass is 10.1. The number of hydrogen-bond acceptors (Lipinski definition) is 2. The van der Waals surface area contributed by atoms with Crippen LogP contribution in [0.15, 0.2) is 24.3 Å². The Morgan fingerprint density at radius 3 is 2.73 bits per heavy atom. The molecule has 1 fully saturated rings. The van der Waals surface area contributed by atoms with Gasteiger partial charge in [0.25, 0.3) is 0 Å². The Bertz CT molecular complexity index is 344. The molecule has 1 heterocycles. The largest absolute Gasteiger partial charge is 0.326 e. The molecule has 2 rings (SSSR count). The molecule has 1 saturated heterocycles. The van der Waals surface area contributed by atoms with Gasteiger partial charge in [-0.2, -0.15) is 0 Å². The average Bonchev–Trinajstić information content (AvgIpc) is 2.74. The number of halogens is 1. The molecule has 1 aliphatic rings. The molecule has 1 aliphatic heterocycles. The number of carbonyl (C=O) groups excluding carboxylic acids is 1. The first-order valence-corrected chi connectivity index (χ1v) is 5.03. The van der Waals surface area contributed by atoms with Crippen LogP contribution in [0.5, 0.6) is 0 Å². The summed E-state index contributed by atoms with van der Waals surface area (Å²) >= 11 is 0. The molecule has 0 bridgehead atoms. The third kappa shape index (κ3) is 2.53. The van der Waals surface area contributed by atoms with E-state index in [1.54, 1.807) is 12.1 Å². The molecule has 15 heavy (non-hydrogen) atoms. The van der Waals surface area contributed by atoms with Crippen LogP contribution in [0.3, 0.4) is 0 Å². The van der Waals surface area contributed by atoms with Crippen LogP contribution in [0.4, 0.5) is 10.1 Å². The number of anilines is 1. The summed E-state index contributed by atoms with van der Waals surface area (Å²) in [6.45, 7) is 1.62. The van der Waals surface area contributed by atoms with Gasteiger partial charge in [0.05, 0.1) is 5.92 Å². The van der Waals surface area contributed by atoms with Crippen LogP contribution in [0.1, 0.15) is 6.42 Å². The van der Waals surface area contributed by atoms with Gasteiger partial charge < -0.3 is 10.6 Å². The first kappa shape index (κ1) is 10.1. The van der Waals surface area contributed by atoms with E-state index in [1.165, 1.54) is 12.1 Å². The van der Waals surface area contributed by atoms with Gasteiger partial charge in [0.1, 0.15) is 5.82 Å². The fraction of sp³-hybridized carbons (Fsp3) is 0.364. The second kappa shape index (κ2) is 4.40. The molecule has 0 radical (unpaired) electrons. The quantitative estimate of drug-likeness (QED) is 0.770.